The molecule has 1 aliphatic heterocycles. The van der Waals surface area contributed by atoms with E-state index in [1.54, 1.807) is 0 Å². The summed E-state index contributed by atoms with van der Waals surface area (Å²) in [6.07, 6.45) is 19.2. The highest BCUT2D eigenvalue weighted by Gasteiger charge is 2.24. The van der Waals surface area contributed by atoms with Gasteiger partial charge >= 0.3 is 0 Å². The Hall–Kier alpha value is -0.160. The van der Waals surface area contributed by atoms with Crippen molar-refractivity contribution < 1.29 is 14.5 Å². The van der Waals surface area contributed by atoms with Gasteiger partial charge in [-0.3, -0.25) is 0 Å². The lowest BCUT2D eigenvalue weighted by Gasteiger charge is -2.46. The van der Waals surface area contributed by atoms with Gasteiger partial charge in [0.15, 0.2) is 0 Å². The number of ether oxygens (including phenoxy) is 1. The van der Waals surface area contributed by atoms with E-state index in [2.05, 4.69) is 6.92 Å². The fourth-order valence-electron chi connectivity index (χ4n) is 3.91. The van der Waals surface area contributed by atoms with Crippen molar-refractivity contribution >= 4 is 0 Å². The van der Waals surface area contributed by atoms with Gasteiger partial charge in [0, 0.05) is 0 Å². The molecule has 26 heavy (non-hydrogen) atoms. The second kappa shape index (κ2) is 15.9. The maximum absolute atomic E-state index is 12.4. The second-order valence-corrected chi connectivity index (χ2v) is 8.34. The van der Waals surface area contributed by atoms with Crippen molar-refractivity contribution in [3.63, 3.8) is 0 Å². The van der Waals surface area contributed by atoms with Gasteiger partial charge in [-0.15, -0.1) is 0 Å². The number of hydrogen-bond acceptors (Lipinski definition) is 3. The van der Waals surface area contributed by atoms with Crippen molar-refractivity contribution in [3.05, 3.63) is 5.21 Å². The van der Waals surface area contributed by atoms with Gasteiger partial charge in [-0.2, -0.15) is 0 Å². The Morgan fingerprint density at radius 2 is 1.19 bits per heavy atom. The maximum atomic E-state index is 12.4. The normalized spacial score (nSPS) is 18.1. The van der Waals surface area contributed by atoms with Crippen molar-refractivity contribution in [1.82, 2.24) is 0 Å². The molecule has 0 spiro atoms. The lowest BCUT2D eigenvalue weighted by molar-refractivity contribution is -0.891. The molecule has 1 atom stereocenters. The third kappa shape index (κ3) is 13.1. The van der Waals surface area contributed by atoms with Crippen LogP contribution in [0.5, 0.6) is 0 Å². The first kappa shape index (κ1) is 23.9. The molecule has 0 aromatic rings. The van der Waals surface area contributed by atoms with Gasteiger partial charge in [0.2, 0.25) is 0 Å². The summed E-state index contributed by atoms with van der Waals surface area (Å²) >= 11 is 0. The van der Waals surface area contributed by atoms with Crippen molar-refractivity contribution in [3.8, 4) is 0 Å². The van der Waals surface area contributed by atoms with Gasteiger partial charge in [-0.05, 0) is 6.42 Å². The Kier molecular flexibility index (Phi) is 14.6. The molecule has 0 aromatic heterocycles. The molecule has 4 heteroatoms. The fraction of sp³-hybridized carbons (Fsp3) is 1.00. The van der Waals surface area contributed by atoms with Crippen LogP contribution in [-0.2, 0) is 4.74 Å². The lowest BCUT2D eigenvalue weighted by atomic mass is 10.0. The third-order valence-electron chi connectivity index (χ3n) is 5.72. The highest BCUT2D eigenvalue weighted by Crippen LogP contribution is 2.16. The first-order chi connectivity index (χ1) is 12.7. The molecule has 156 valence electrons. The van der Waals surface area contributed by atoms with Crippen LogP contribution in [-0.4, -0.2) is 48.7 Å². The topological polar surface area (TPSA) is 52.5 Å². The molecule has 1 rings (SSSR count). The summed E-state index contributed by atoms with van der Waals surface area (Å²) in [6, 6.07) is 0. The van der Waals surface area contributed by atoms with E-state index in [0.29, 0.717) is 32.8 Å². The molecule has 1 aliphatic rings. The summed E-state index contributed by atoms with van der Waals surface area (Å²) < 4.78 is 4.97. The second-order valence-electron chi connectivity index (χ2n) is 8.34. The van der Waals surface area contributed by atoms with E-state index in [1.807, 2.05) is 0 Å². The van der Waals surface area contributed by atoms with Crippen LogP contribution in [0.1, 0.15) is 103 Å². The van der Waals surface area contributed by atoms with Crippen LogP contribution in [0.3, 0.4) is 0 Å². The molecule has 0 radical (unpaired) electrons. The first-order valence-electron chi connectivity index (χ1n) is 11.5. The number of hydroxylamine groups is 3. The van der Waals surface area contributed by atoms with E-state index in [-0.39, 0.29) is 4.65 Å². The SMILES string of the molecule is CCCCCCCCCCCCCCCCC(O)C[N+]1([O-])CCOCC1. The Labute approximate surface area is 162 Å². The van der Waals surface area contributed by atoms with E-state index < -0.39 is 6.10 Å². The lowest BCUT2D eigenvalue weighted by Crippen LogP contribution is -2.53. The van der Waals surface area contributed by atoms with E-state index >= 15 is 0 Å². The standard InChI is InChI=1S/C22H45NO3/c1-2-3-4-5-6-7-8-9-10-11-12-13-14-15-16-22(24)21-23(25)17-19-26-20-18-23/h22,24H,2-21H2,1H3. The zero-order chi connectivity index (χ0) is 18.9. The number of aliphatic hydroxyl groups excluding tert-OH is 1. The van der Waals surface area contributed by atoms with Crippen LogP contribution in [0.2, 0.25) is 0 Å². The van der Waals surface area contributed by atoms with Crippen LogP contribution in [0, 0.1) is 5.21 Å². The van der Waals surface area contributed by atoms with Crippen LogP contribution in [0.4, 0.5) is 0 Å². The Balaban J connectivity index is 1.80. The highest BCUT2D eigenvalue weighted by atomic mass is 16.6. The highest BCUT2D eigenvalue weighted by molar-refractivity contribution is 4.60. The number of nitrogens with zero attached hydrogens (tertiary/aromatic N) is 1. The molecule has 0 aliphatic carbocycles. The molecular formula is C22H45NO3. The number of aliphatic hydroxyl groups is 1. The van der Waals surface area contributed by atoms with Gasteiger partial charge in [0.05, 0.1) is 13.2 Å². The van der Waals surface area contributed by atoms with Gasteiger partial charge in [-0.25, -0.2) is 0 Å². The smallest absolute Gasteiger partial charge is 0.105 e. The number of quaternary nitrogens is 1. The first-order valence-corrected chi connectivity index (χ1v) is 11.5. The van der Waals surface area contributed by atoms with Gasteiger partial charge in [-0.1, -0.05) is 96.8 Å². The van der Waals surface area contributed by atoms with E-state index in [9.17, 15) is 10.3 Å². The van der Waals surface area contributed by atoms with Gasteiger partial charge in [0.25, 0.3) is 0 Å². The summed E-state index contributed by atoms with van der Waals surface area (Å²) in [5, 5.41) is 22.5. The minimum Gasteiger partial charge on any atom is -0.633 e. The van der Waals surface area contributed by atoms with Crippen LogP contribution in [0.15, 0.2) is 0 Å². The molecule has 0 saturated carbocycles. The van der Waals surface area contributed by atoms with E-state index in [1.165, 1.54) is 83.5 Å². The zero-order valence-corrected chi connectivity index (χ0v) is 17.4. The van der Waals surface area contributed by atoms with Gasteiger partial charge in [0.1, 0.15) is 25.7 Å². The van der Waals surface area contributed by atoms with E-state index in [0.717, 1.165) is 12.8 Å². The minimum atomic E-state index is -0.442. The quantitative estimate of drug-likeness (QED) is 0.207. The Morgan fingerprint density at radius 3 is 1.65 bits per heavy atom. The monoisotopic (exact) mass is 371 g/mol. The van der Waals surface area contributed by atoms with Crippen molar-refractivity contribution in [2.24, 2.45) is 0 Å². The zero-order valence-electron chi connectivity index (χ0n) is 17.4. The van der Waals surface area contributed by atoms with Crippen LogP contribution in [0.25, 0.3) is 0 Å². The molecule has 4 nitrogen and oxygen atoms in total. The Morgan fingerprint density at radius 1 is 0.769 bits per heavy atom. The molecule has 1 fully saturated rings. The van der Waals surface area contributed by atoms with Crippen LogP contribution >= 0.6 is 0 Å². The van der Waals surface area contributed by atoms with Crippen LogP contribution < -0.4 is 0 Å². The number of rotatable bonds is 17. The summed E-state index contributed by atoms with van der Waals surface area (Å²) in [6.45, 7) is 4.69. The molecule has 0 bridgehead atoms. The summed E-state index contributed by atoms with van der Waals surface area (Å²) in [5.41, 5.74) is 0. The summed E-state index contributed by atoms with van der Waals surface area (Å²) in [4.78, 5) is 0. The predicted molar refractivity (Wildman–Crippen MR) is 110 cm³/mol. The number of unbranched alkanes of at least 4 members (excludes halogenated alkanes) is 13. The third-order valence-corrected chi connectivity index (χ3v) is 5.72. The molecule has 1 saturated heterocycles. The molecule has 1 N–H and O–H groups in total. The number of hydrogen-bond donors (Lipinski definition) is 1. The summed E-state index contributed by atoms with van der Waals surface area (Å²) in [5.74, 6) is 0. The fourth-order valence-corrected chi connectivity index (χ4v) is 3.91. The van der Waals surface area contributed by atoms with Crippen molar-refractivity contribution in [2.75, 3.05) is 32.8 Å². The molecule has 0 aromatic carbocycles. The predicted octanol–water partition coefficient (Wildman–Crippen LogP) is 5.56. The van der Waals surface area contributed by atoms with Crippen molar-refractivity contribution in [1.29, 1.82) is 0 Å². The molecule has 1 heterocycles. The van der Waals surface area contributed by atoms with Crippen molar-refractivity contribution in [2.45, 2.75) is 109 Å². The largest absolute Gasteiger partial charge is 0.633 e. The minimum absolute atomic E-state index is 0.264. The summed E-state index contributed by atoms with van der Waals surface area (Å²) in [7, 11) is 0. The average Bonchev–Trinajstić information content (AvgIpc) is 2.62. The molecular weight excluding hydrogens is 326 g/mol. The average molecular weight is 372 g/mol. The molecule has 1 unspecified atom stereocenters. The Bertz CT molecular complexity index is 306. The molecule has 0 amide bonds. The van der Waals surface area contributed by atoms with E-state index in [4.69, 9.17) is 4.74 Å². The number of morpholine rings is 1. The maximum Gasteiger partial charge on any atom is 0.105 e. The van der Waals surface area contributed by atoms with Gasteiger partial charge < -0.3 is 19.7 Å².